The number of methoxy groups -OCH3 is 1. The third kappa shape index (κ3) is 6.95. The normalized spacial score (nSPS) is 12.0. The molecule has 5 nitrogen and oxygen atoms in total. The topological polar surface area (TPSA) is 53.6 Å². The molecule has 2 aromatic rings. The van der Waals surface area contributed by atoms with Crippen LogP contribution in [0.4, 0.5) is 10.5 Å². The van der Waals surface area contributed by atoms with Gasteiger partial charge in [0, 0.05) is 25.4 Å². The molecule has 134 valence electrons. The molecule has 25 heavy (non-hydrogen) atoms. The zero-order chi connectivity index (χ0) is 18.1. The van der Waals surface area contributed by atoms with Gasteiger partial charge < -0.3 is 20.3 Å². The summed E-state index contributed by atoms with van der Waals surface area (Å²) in [5, 5.41) is 5.96. The molecule has 0 aliphatic heterocycles. The first kappa shape index (κ1) is 19.0. The smallest absolute Gasteiger partial charge is 0.319 e. The highest BCUT2D eigenvalue weighted by molar-refractivity contribution is 5.89. The number of carbonyl (C=O) groups excluding carboxylic acids is 1. The Hall–Kier alpha value is -2.37. The van der Waals surface area contributed by atoms with Crippen LogP contribution in [0.1, 0.15) is 11.1 Å². The number of nitrogens with zero attached hydrogens (tertiary/aromatic N) is 1. The average molecular weight is 341 g/mol. The maximum atomic E-state index is 12.3. The summed E-state index contributed by atoms with van der Waals surface area (Å²) < 4.78 is 5.09. The second-order valence-corrected chi connectivity index (χ2v) is 6.38. The van der Waals surface area contributed by atoms with Crippen LogP contribution < -0.4 is 10.6 Å². The zero-order valence-corrected chi connectivity index (χ0v) is 15.2. The number of anilines is 1. The Bertz CT molecular complexity index is 642. The molecule has 2 amide bonds. The molecule has 0 saturated carbocycles. The second kappa shape index (κ2) is 9.81. The number of likely N-dealkylation sites (N-methyl/N-ethyl adjacent to an activating group) is 1. The predicted molar refractivity (Wildman–Crippen MR) is 102 cm³/mol. The largest absolute Gasteiger partial charge is 0.380 e. The van der Waals surface area contributed by atoms with E-state index < -0.39 is 0 Å². The lowest BCUT2D eigenvalue weighted by Gasteiger charge is -2.23. The van der Waals surface area contributed by atoms with Crippen molar-refractivity contribution < 1.29 is 9.53 Å². The van der Waals surface area contributed by atoms with E-state index in [9.17, 15) is 4.79 Å². The monoisotopic (exact) mass is 341 g/mol. The van der Waals surface area contributed by atoms with Crippen molar-refractivity contribution in [3.8, 4) is 0 Å². The van der Waals surface area contributed by atoms with Crippen molar-refractivity contribution in [1.82, 2.24) is 10.2 Å². The molecule has 0 radical (unpaired) electrons. The molecule has 2 N–H and O–H groups in total. The number of urea groups is 1. The first-order chi connectivity index (χ1) is 12.1. The lowest BCUT2D eigenvalue weighted by Crippen LogP contribution is -2.45. The molecule has 0 saturated heterocycles. The molecule has 2 rings (SSSR count). The van der Waals surface area contributed by atoms with Crippen LogP contribution in [0.2, 0.25) is 0 Å². The van der Waals surface area contributed by atoms with Crippen molar-refractivity contribution in [2.75, 3.05) is 33.1 Å². The summed E-state index contributed by atoms with van der Waals surface area (Å²) in [6, 6.07) is 17.7. The van der Waals surface area contributed by atoms with Gasteiger partial charge in [-0.25, -0.2) is 4.79 Å². The van der Waals surface area contributed by atoms with Crippen LogP contribution in [0.25, 0.3) is 0 Å². The number of amides is 2. The highest BCUT2D eigenvalue weighted by Crippen LogP contribution is 2.10. The van der Waals surface area contributed by atoms with Gasteiger partial charge in [-0.3, -0.25) is 0 Å². The number of ether oxygens (including phenoxy) is 1. The maximum Gasteiger partial charge on any atom is 0.319 e. The van der Waals surface area contributed by atoms with E-state index in [0.29, 0.717) is 6.61 Å². The van der Waals surface area contributed by atoms with Crippen molar-refractivity contribution >= 4 is 11.7 Å². The Morgan fingerprint density at radius 3 is 2.32 bits per heavy atom. The number of carbonyl (C=O) groups is 1. The van der Waals surface area contributed by atoms with Crippen LogP contribution in [0.3, 0.4) is 0 Å². The standard InChI is InChI=1S/C20H27N3O2/c1-23(2)14-19(13-16-7-5-4-6-8-16)22-20(24)21-18-11-9-17(10-12-18)15-25-3/h4-12,19H,13-15H2,1-3H3,(H2,21,22,24). The summed E-state index contributed by atoms with van der Waals surface area (Å²) in [6.07, 6.45) is 0.791. The highest BCUT2D eigenvalue weighted by Gasteiger charge is 2.14. The van der Waals surface area contributed by atoms with Gasteiger partial charge in [0.05, 0.1) is 6.61 Å². The third-order valence-corrected chi connectivity index (χ3v) is 3.77. The first-order valence-electron chi connectivity index (χ1n) is 8.41. The Balaban J connectivity index is 1.93. The van der Waals surface area contributed by atoms with Crippen LogP contribution in [-0.2, 0) is 17.8 Å². The summed E-state index contributed by atoms with van der Waals surface area (Å²) >= 11 is 0. The molecule has 0 aliphatic carbocycles. The zero-order valence-electron chi connectivity index (χ0n) is 15.2. The summed E-state index contributed by atoms with van der Waals surface area (Å²) in [5.41, 5.74) is 3.04. The summed E-state index contributed by atoms with van der Waals surface area (Å²) in [7, 11) is 5.68. The van der Waals surface area contributed by atoms with Crippen LogP contribution >= 0.6 is 0 Å². The van der Waals surface area contributed by atoms with Gasteiger partial charge in [0.1, 0.15) is 0 Å². The van der Waals surface area contributed by atoms with Gasteiger partial charge in [-0.05, 0) is 43.8 Å². The van der Waals surface area contributed by atoms with Gasteiger partial charge in [-0.2, -0.15) is 0 Å². The van der Waals surface area contributed by atoms with Gasteiger partial charge in [0.15, 0.2) is 0 Å². The Labute approximate surface area is 150 Å². The van der Waals surface area contributed by atoms with Crippen LogP contribution in [0, 0.1) is 0 Å². The van der Waals surface area contributed by atoms with E-state index in [1.165, 1.54) is 5.56 Å². The molecule has 0 fully saturated rings. The van der Waals surface area contributed by atoms with Crippen molar-refractivity contribution in [3.63, 3.8) is 0 Å². The number of hydrogen-bond acceptors (Lipinski definition) is 3. The summed E-state index contributed by atoms with van der Waals surface area (Å²) in [5.74, 6) is 0. The van der Waals surface area contributed by atoms with Gasteiger partial charge in [-0.1, -0.05) is 42.5 Å². The quantitative estimate of drug-likeness (QED) is 0.776. The molecule has 0 heterocycles. The Morgan fingerprint density at radius 1 is 1.04 bits per heavy atom. The van der Waals surface area contributed by atoms with Gasteiger partial charge in [0.2, 0.25) is 0 Å². The average Bonchev–Trinajstić information content (AvgIpc) is 2.57. The lowest BCUT2D eigenvalue weighted by atomic mass is 10.1. The van der Waals surface area contributed by atoms with E-state index in [0.717, 1.165) is 24.2 Å². The van der Waals surface area contributed by atoms with Gasteiger partial charge >= 0.3 is 6.03 Å². The molecule has 0 bridgehead atoms. The number of benzene rings is 2. The summed E-state index contributed by atoms with van der Waals surface area (Å²) in [6.45, 7) is 1.34. The molecule has 0 aromatic heterocycles. The second-order valence-electron chi connectivity index (χ2n) is 6.38. The maximum absolute atomic E-state index is 12.3. The minimum absolute atomic E-state index is 0.0326. The molecule has 1 unspecified atom stereocenters. The van der Waals surface area contributed by atoms with Crippen molar-refractivity contribution in [1.29, 1.82) is 0 Å². The number of nitrogens with one attached hydrogen (secondary N) is 2. The summed E-state index contributed by atoms with van der Waals surface area (Å²) in [4.78, 5) is 14.4. The van der Waals surface area contributed by atoms with E-state index in [1.807, 2.05) is 56.6 Å². The fourth-order valence-corrected chi connectivity index (χ4v) is 2.70. The van der Waals surface area contributed by atoms with Gasteiger partial charge in [-0.15, -0.1) is 0 Å². The Kier molecular flexibility index (Phi) is 7.44. The number of hydrogen-bond donors (Lipinski definition) is 2. The third-order valence-electron chi connectivity index (χ3n) is 3.77. The van der Waals surface area contributed by atoms with Gasteiger partial charge in [0.25, 0.3) is 0 Å². The van der Waals surface area contributed by atoms with Crippen molar-refractivity contribution in [2.45, 2.75) is 19.1 Å². The number of rotatable bonds is 8. The SMILES string of the molecule is COCc1ccc(NC(=O)NC(Cc2ccccc2)CN(C)C)cc1. The molecule has 0 spiro atoms. The van der Waals surface area contributed by atoms with Crippen molar-refractivity contribution in [3.05, 3.63) is 65.7 Å². The van der Waals surface area contributed by atoms with Crippen LogP contribution in [0.5, 0.6) is 0 Å². The van der Waals surface area contributed by atoms with E-state index in [1.54, 1.807) is 7.11 Å². The van der Waals surface area contributed by atoms with Crippen LogP contribution in [-0.4, -0.2) is 44.7 Å². The fourth-order valence-electron chi connectivity index (χ4n) is 2.70. The molecular weight excluding hydrogens is 314 g/mol. The molecular formula is C20H27N3O2. The van der Waals surface area contributed by atoms with Crippen molar-refractivity contribution in [2.24, 2.45) is 0 Å². The van der Waals surface area contributed by atoms with E-state index in [-0.39, 0.29) is 12.1 Å². The lowest BCUT2D eigenvalue weighted by molar-refractivity contribution is 0.185. The Morgan fingerprint density at radius 2 is 1.72 bits per heavy atom. The van der Waals surface area contributed by atoms with E-state index >= 15 is 0 Å². The van der Waals surface area contributed by atoms with E-state index in [2.05, 4.69) is 27.7 Å². The minimum Gasteiger partial charge on any atom is -0.380 e. The highest BCUT2D eigenvalue weighted by atomic mass is 16.5. The van der Waals surface area contributed by atoms with Crippen LogP contribution in [0.15, 0.2) is 54.6 Å². The predicted octanol–water partition coefficient (Wildman–Crippen LogP) is 3.13. The van der Waals surface area contributed by atoms with E-state index in [4.69, 9.17) is 4.74 Å². The molecule has 1 atom stereocenters. The first-order valence-corrected chi connectivity index (χ1v) is 8.41. The molecule has 2 aromatic carbocycles. The molecule has 5 heteroatoms. The minimum atomic E-state index is -0.192. The molecule has 0 aliphatic rings. The fraction of sp³-hybridized carbons (Fsp3) is 0.350.